The van der Waals surface area contributed by atoms with E-state index in [0.717, 1.165) is 22.0 Å². The van der Waals surface area contributed by atoms with E-state index in [9.17, 15) is 0 Å². The van der Waals surface area contributed by atoms with Crippen molar-refractivity contribution in [2.24, 2.45) is 4.99 Å². The third-order valence-electron chi connectivity index (χ3n) is 3.48. The van der Waals surface area contributed by atoms with Crippen LogP contribution in [0.25, 0.3) is 0 Å². The van der Waals surface area contributed by atoms with Gasteiger partial charge >= 0.3 is 0 Å². The normalized spacial score (nSPS) is 21.9. The van der Waals surface area contributed by atoms with E-state index in [1.165, 1.54) is 0 Å². The number of halogens is 1. The number of benzene rings is 1. The van der Waals surface area contributed by atoms with Gasteiger partial charge in [0.25, 0.3) is 0 Å². The summed E-state index contributed by atoms with van der Waals surface area (Å²) < 4.78 is 18.1. The van der Waals surface area contributed by atoms with Crippen LogP contribution in [0, 0.1) is 0 Å². The highest BCUT2D eigenvalue weighted by molar-refractivity contribution is 14.1. The molecule has 5 heteroatoms. The molecule has 0 saturated carbocycles. The molecule has 0 aliphatic carbocycles. The third kappa shape index (κ3) is 4.08. The molecule has 4 nitrogen and oxygen atoms in total. The summed E-state index contributed by atoms with van der Waals surface area (Å²) in [6.07, 6.45) is 3.74. The van der Waals surface area contributed by atoms with Crippen LogP contribution >= 0.6 is 22.6 Å². The van der Waals surface area contributed by atoms with Gasteiger partial charge < -0.3 is 14.2 Å². The molecule has 0 fully saturated rings. The van der Waals surface area contributed by atoms with Gasteiger partial charge in [0.2, 0.25) is 5.90 Å². The minimum atomic E-state index is -0.425. The molecule has 22 heavy (non-hydrogen) atoms. The van der Waals surface area contributed by atoms with Gasteiger partial charge in [0.1, 0.15) is 6.04 Å². The Morgan fingerprint density at radius 3 is 2.59 bits per heavy atom. The Morgan fingerprint density at radius 1 is 1.32 bits per heavy atom. The molecule has 0 spiro atoms. The lowest BCUT2D eigenvalue weighted by molar-refractivity contribution is -0.123. The average molecular weight is 415 g/mol. The zero-order chi connectivity index (χ0) is 15.9. The Labute approximate surface area is 145 Å². The zero-order valence-corrected chi connectivity index (χ0v) is 15.3. The molecular weight excluding hydrogens is 393 g/mol. The number of aliphatic imine (C=N–C) groups is 1. The van der Waals surface area contributed by atoms with Gasteiger partial charge in [-0.05, 0) is 41.1 Å². The van der Waals surface area contributed by atoms with Gasteiger partial charge in [-0.2, -0.15) is 0 Å². The maximum Gasteiger partial charge on any atom is 0.217 e. The largest absolute Gasteiger partial charge is 0.466 e. The predicted octanol–water partition coefficient (Wildman–Crippen LogP) is 3.94. The van der Waals surface area contributed by atoms with Crippen LogP contribution in [0.4, 0.5) is 0 Å². The first kappa shape index (κ1) is 17.4. The lowest BCUT2D eigenvalue weighted by Crippen LogP contribution is -2.36. The van der Waals surface area contributed by atoms with Crippen molar-refractivity contribution >= 4 is 28.5 Å². The zero-order valence-electron chi connectivity index (χ0n) is 13.2. The predicted molar refractivity (Wildman–Crippen MR) is 96.5 cm³/mol. The summed E-state index contributed by atoms with van der Waals surface area (Å²) in [6.45, 7) is 2.16. The van der Waals surface area contributed by atoms with Crippen LogP contribution < -0.4 is 0 Å². The molecule has 0 N–H and O–H groups in total. The smallest absolute Gasteiger partial charge is 0.217 e. The van der Waals surface area contributed by atoms with Crippen molar-refractivity contribution in [2.45, 2.75) is 38.2 Å². The van der Waals surface area contributed by atoms with Crippen molar-refractivity contribution in [2.75, 3.05) is 14.2 Å². The molecule has 1 aromatic carbocycles. The van der Waals surface area contributed by atoms with Crippen LogP contribution in [0.15, 0.2) is 45.0 Å². The Morgan fingerprint density at radius 2 is 2.00 bits per heavy atom. The number of hydrogen-bond donors (Lipinski definition) is 0. The summed E-state index contributed by atoms with van der Waals surface area (Å²) >= 11 is 2.33. The maximum absolute atomic E-state index is 6.12. The Hall–Kier alpha value is -0.920. The van der Waals surface area contributed by atoms with Gasteiger partial charge in [-0.3, -0.25) is 0 Å². The standard InChI is InChI=1S/C17H22INO3/c1-4-5-11-13(18)15-14(17(20-2)21-3)19-16(22-15)12-9-7-6-8-10-12/h6-11,14-15,17H,4-5H2,1-3H3/b13-11-/t14-,15+/m0/s1. The SMILES string of the molecule is CCC/C=C(\I)[C@H]1OC(c2ccccc2)=N[C@@H]1C(OC)OC. The van der Waals surface area contributed by atoms with Gasteiger partial charge in [-0.1, -0.05) is 37.6 Å². The topological polar surface area (TPSA) is 40.0 Å². The number of ether oxygens (including phenoxy) is 3. The number of unbranched alkanes of at least 4 members (excludes halogenated alkanes) is 1. The average Bonchev–Trinajstić information content (AvgIpc) is 3.00. The van der Waals surface area contributed by atoms with Crippen molar-refractivity contribution in [3.8, 4) is 0 Å². The highest BCUT2D eigenvalue weighted by Crippen LogP contribution is 2.30. The quantitative estimate of drug-likeness (QED) is 0.501. The Kier molecular flexibility index (Phi) is 6.85. The fraction of sp³-hybridized carbons (Fsp3) is 0.471. The highest BCUT2D eigenvalue weighted by atomic mass is 127. The molecule has 1 aromatic rings. The summed E-state index contributed by atoms with van der Waals surface area (Å²) in [4.78, 5) is 4.71. The minimum Gasteiger partial charge on any atom is -0.466 e. The molecule has 2 rings (SSSR count). The summed E-state index contributed by atoms with van der Waals surface area (Å²) in [7, 11) is 3.26. The minimum absolute atomic E-state index is 0.160. The van der Waals surface area contributed by atoms with Crippen molar-refractivity contribution < 1.29 is 14.2 Å². The van der Waals surface area contributed by atoms with Crippen LogP contribution in [-0.4, -0.2) is 38.6 Å². The van der Waals surface area contributed by atoms with E-state index in [1.54, 1.807) is 14.2 Å². The molecule has 0 unspecified atom stereocenters. The summed E-state index contributed by atoms with van der Waals surface area (Å²) in [6, 6.07) is 9.72. The fourth-order valence-electron chi connectivity index (χ4n) is 2.34. The number of hydrogen-bond acceptors (Lipinski definition) is 4. The van der Waals surface area contributed by atoms with Gasteiger partial charge in [-0.15, -0.1) is 0 Å². The summed E-state index contributed by atoms with van der Waals surface area (Å²) in [5, 5.41) is 0. The molecule has 1 aliphatic rings. The number of rotatable bonds is 7. The van der Waals surface area contributed by atoms with Crippen LogP contribution in [0.2, 0.25) is 0 Å². The summed E-state index contributed by atoms with van der Waals surface area (Å²) in [5.74, 6) is 0.647. The van der Waals surface area contributed by atoms with Crippen LogP contribution in [0.5, 0.6) is 0 Å². The van der Waals surface area contributed by atoms with E-state index in [2.05, 4.69) is 35.6 Å². The molecule has 0 amide bonds. The van der Waals surface area contributed by atoms with Crippen LogP contribution in [0.3, 0.4) is 0 Å². The molecule has 1 heterocycles. The molecule has 120 valence electrons. The lowest BCUT2D eigenvalue weighted by Gasteiger charge is -2.23. The Balaban J connectivity index is 2.27. The Bertz CT molecular complexity index is 526. The van der Waals surface area contributed by atoms with Gasteiger partial charge in [0, 0.05) is 23.4 Å². The van der Waals surface area contributed by atoms with Crippen molar-refractivity contribution in [3.05, 3.63) is 45.6 Å². The molecule has 0 bridgehead atoms. The van der Waals surface area contributed by atoms with Crippen molar-refractivity contribution in [1.29, 1.82) is 0 Å². The van der Waals surface area contributed by atoms with E-state index in [0.29, 0.717) is 5.90 Å². The van der Waals surface area contributed by atoms with Gasteiger partial charge in [0.15, 0.2) is 12.4 Å². The van der Waals surface area contributed by atoms with E-state index in [1.807, 2.05) is 30.3 Å². The van der Waals surface area contributed by atoms with E-state index < -0.39 is 6.29 Å². The molecule has 2 atom stereocenters. The fourth-order valence-corrected chi connectivity index (χ4v) is 3.15. The monoisotopic (exact) mass is 415 g/mol. The second-order valence-electron chi connectivity index (χ2n) is 5.05. The molecule has 0 aromatic heterocycles. The highest BCUT2D eigenvalue weighted by Gasteiger charge is 2.39. The second-order valence-corrected chi connectivity index (χ2v) is 6.29. The number of methoxy groups -OCH3 is 2. The molecule has 0 radical (unpaired) electrons. The third-order valence-corrected chi connectivity index (χ3v) is 4.53. The first-order valence-corrected chi connectivity index (χ1v) is 8.50. The second kappa shape index (κ2) is 8.64. The first-order valence-electron chi connectivity index (χ1n) is 7.42. The molecule has 1 aliphatic heterocycles. The number of allylic oxidation sites excluding steroid dienone is 1. The van der Waals surface area contributed by atoms with E-state index in [4.69, 9.17) is 19.2 Å². The van der Waals surface area contributed by atoms with E-state index in [-0.39, 0.29) is 12.1 Å². The molecular formula is C17H22INO3. The van der Waals surface area contributed by atoms with Crippen LogP contribution in [0.1, 0.15) is 25.3 Å². The van der Waals surface area contributed by atoms with Crippen molar-refractivity contribution in [3.63, 3.8) is 0 Å². The van der Waals surface area contributed by atoms with Gasteiger partial charge in [0.05, 0.1) is 0 Å². The molecule has 0 saturated heterocycles. The summed E-state index contributed by atoms with van der Waals surface area (Å²) in [5.41, 5.74) is 0.973. The van der Waals surface area contributed by atoms with Crippen molar-refractivity contribution in [1.82, 2.24) is 0 Å². The lowest BCUT2D eigenvalue weighted by atomic mass is 10.1. The van der Waals surface area contributed by atoms with Crippen LogP contribution in [-0.2, 0) is 14.2 Å². The van der Waals surface area contributed by atoms with Gasteiger partial charge in [-0.25, -0.2) is 4.99 Å². The van der Waals surface area contributed by atoms with E-state index >= 15 is 0 Å². The first-order chi connectivity index (χ1) is 10.7. The maximum atomic E-state index is 6.12. The number of nitrogens with zero attached hydrogens (tertiary/aromatic N) is 1.